The normalized spacial score (nSPS) is 17.9. The van der Waals surface area contributed by atoms with E-state index in [0.717, 1.165) is 5.56 Å². The van der Waals surface area contributed by atoms with Crippen LogP contribution in [0.25, 0.3) is 6.08 Å². The fraction of sp³-hybridized carbons (Fsp3) is 0.429. The summed E-state index contributed by atoms with van der Waals surface area (Å²) >= 11 is 0. The van der Waals surface area contributed by atoms with Crippen molar-refractivity contribution >= 4 is 27.7 Å². The molecular formula is C21H28N4O4S. The number of piperidine rings is 1. The summed E-state index contributed by atoms with van der Waals surface area (Å²) in [5, 5.41) is 6.74. The Morgan fingerprint density at radius 3 is 2.63 bits per heavy atom. The first-order valence-corrected chi connectivity index (χ1v) is 11.3. The van der Waals surface area contributed by atoms with Gasteiger partial charge in [-0.3, -0.25) is 4.79 Å². The summed E-state index contributed by atoms with van der Waals surface area (Å²) in [6.45, 7) is 4.07. The van der Waals surface area contributed by atoms with Gasteiger partial charge in [0.2, 0.25) is 15.9 Å². The molecule has 1 aliphatic heterocycles. The summed E-state index contributed by atoms with van der Waals surface area (Å²) in [4.78, 5) is 14.6. The Morgan fingerprint density at radius 1 is 1.27 bits per heavy atom. The van der Waals surface area contributed by atoms with E-state index in [1.165, 1.54) is 4.31 Å². The monoisotopic (exact) mass is 432 g/mol. The van der Waals surface area contributed by atoms with Crippen molar-refractivity contribution in [3.63, 3.8) is 0 Å². The van der Waals surface area contributed by atoms with Crippen molar-refractivity contribution in [2.24, 2.45) is 5.92 Å². The van der Waals surface area contributed by atoms with Gasteiger partial charge in [-0.25, -0.2) is 8.42 Å². The fourth-order valence-corrected chi connectivity index (χ4v) is 5.17. The van der Waals surface area contributed by atoms with Gasteiger partial charge in [0.1, 0.15) is 5.69 Å². The Balaban J connectivity index is 1.78. The maximum atomic E-state index is 13.3. The highest BCUT2D eigenvalue weighted by Crippen LogP contribution is 2.29. The molecule has 0 radical (unpaired) electrons. The van der Waals surface area contributed by atoms with Crippen LogP contribution < -0.4 is 5.32 Å². The van der Waals surface area contributed by atoms with Crippen LogP contribution in [0.2, 0.25) is 0 Å². The van der Waals surface area contributed by atoms with Crippen LogP contribution in [0.3, 0.4) is 0 Å². The number of sulfonamides is 1. The minimum atomic E-state index is -3.85. The second-order valence-corrected chi connectivity index (χ2v) is 9.67. The van der Waals surface area contributed by atoms with Crippen LogP contribution >= 0.6 is 0 Å². The van der Waals surface area contributed by atoms with Crippen molar-refractivity contribution in [3.05, 3.63) is 47.5 Å². The number of aromatic nitrogens is 1. The molecule has 162 valence electrons. The molecule has 2 aromatic rings. The van der Waals surface area contributed by atoms with Crippen LogP contribution in [-0.2, 0) is 14.8 Å². The first-order valence-electron chi connectivity index (χ1n) is 9.87. The third-order valence-electron chi connectivity index (χ3n) is 5.03. The third-order valence-corrected chi connectivity index (χ3v) is 7.05. The maximum absolute atomic E-state index is 13.3. The minimum absolute atomic E-state index is 0.0557. The lowest BCUT2D eigenvalue weighted by Crippen LogP contribution is -2.43. The number of carbonyl (C=O) groups excluding carboxylic acids is 1. The highest BCUT2D eigenvalue weighted by Gasteiger charge is 2.36. The lowest BCUT2D eigenvalue weighted by Gasteiger charge is -2.31. The van der Waals surface area contributed by atoms with E-state index in [1.54, 1.807) is 24.1 Å². The molecule has 1 saturated heterocycles. The van der Waals surface area contributed by atoms with Gasteiger partial charge in [0.05, 0.1) is 5.92 Å². The van der Waals surface area contributed by atoms with E-state index in [1.807, 2.05) is 45.3 Å². The Hall–Kier alpha value is -2.65. The molecule has 1 N–H and O–H groups in total. The first kappa shape index (κ1) is 22.0. The number of rotatable bonds is 6. The van der Waals surface area contributed by atoms with Gasteiger partial charge < -0.3 is 14.7 Å². The topological polar surface area (TPSA) is 95.8 Å². The number of nitrogens with zero attached hydrogens (tertiary/aromatic N) is 3. The van der Waals surface area contributed by atoms with Crippen LogP contribution in [0.5, 0.6) is 0 Å². The highest BCUT2D eigenvalue weighted by molar-refractivity contribution is 7.89. The molecule has 8 nitrogen and oxygen atoms in total. The summed E-state index contributed by atoms with van der Waals surface area (Å²) < 4.78 is 33.3. The van der Waals surface area contributed by atoms with Gasteiger partial charge in [0.15, 0.2) is 10.7 Å². The number of anilines is 1. The summed E-state index contributed by atoms with van der Waals surface area (Å²) in [6.07, 6.45) is 4.53. The summed E-state index contributed by atoms with van der Waals surface area (Å²) in [5.41, 5.74) is 2.11. The molecule has 0 saturated carbocycles. The number of carbonyl (C=O) groups is 1. The smallest absolute Gasteiger partial charge is 0.248 e. The quantitative estimate of drug-likeness (QED) is 0.754. The number of hydrogen-bond donors (Lipinski definition) is 1. The molecule has 30 heavy (non-hydrogen) atoms. The Kier molecular flexibility index (Phi) is 6.62. The van der Waals surface area contributed by atoms with Crippen LogP contribution in [0.15, 0.2) is 39.9 Å². The standard InChI is InChI=1S/C21H28N4O4S/c1-15-7-9-18(10-8-15)22-21(26)17-6-5-12-25(14-17)30(27,28)20-16(2)23-29-19(20)11-13-24(3)4/h7-11,13,17H,5-6,12,14H2,1-4H3,(H,22,26)/b13-11+/t17-/m0/s1. The van der Waals surface area contributed by atoms with E-state index in [-0.39, 0.29) is 23.1 Å². The SMILES string of the molecule is Cc1ccc(NC(=O)[C@H]2CCCN(S(=O)(=O)c3c(C)noc3/C=C/N(C)C)C2)cc1. The van der Waals surface area contributed by atoms with Crippen molar-refractivity contribution in [2.45, 2.75) is 31.6 Å². The summed E-state index contributed by atoms with van der Waals surface area (Å²) in [5.74, 6) is -0.406. The predicted molar refractivity (Wildman–Crippen MR) is 115 cm³/mol. The van der Waals surface area contributed by atoms with E-state index in [0.29, 0.717) is 30.8 Å². The van der Waals surface area contributed by atoms with Gasteiger partial charge in [-0.1, -0.05) is 22.9 Å². The summed E-state index contributed by atoms with van der Waals surface area (Å²) in [7, 11) is -0.187. The van der Waals surface area contributed by atoms with E-state index in [4.69, 9.17) is 4.52 Å². The molecule has 2 heterocycles. The second-order valence-electron chi connectivity index (χ2n) is 7.80. The zero-order valence-electron chi connectivity index (χ0n) is 17.8. The molecule has 1 aromatic heterocycles. The molecule has 1 atom stereocenters. The van der Waals surface area contributed by atoms with Crippen molar-refractivity contribution < 1.29 is 17.7 Å². The molecule has 3 rings (SSSR count). The molecule has 1 aromatic carbocycles. The molecule has 9 heteroatoms. The molecule has 0 bridgehead atoms. The molecule has 0 spiro atoms. The zero-order chi connectivity index (χ0) is 21.9. The molecule has 0 aliphatic carbocycles. The number of aryl methyl sites for hydroxylation is 2. The fourth-order valence-electron chi connectivity index (χ4n) is 3.40. The number of hydrogen-bond acceptors (Lipinski definition) is 6. The third kappa shape index (κ3) is 4.91. The predicted octanol–water partition coefficient (Wildman–Crippen LogP) is 2.86. The molecule has 1 aliphatic rings. The van der Waals surface area contributed by atoms with Gasteiger partial charge in [-0.05, 0) is 38.8 Å². The van der Waals surface area contributed by atoms with Crippen molar-refractivity contribution in [2.75, 3.05) is 32.5 Å². The van der Waals surface area contributed by atoms with Gasteiger partial charge >= 0.3 is 0 Å². The van der Waals surface area contributed by atoms with Gasteiger partial charge in [-0.2, -0.15) is 4.31 Å². The van der Waals surface area contributed by atoms with Crippen molar-refractivity contribution in [1.82, 2.24) is 14.4 Å². The molecule has 0 unspecified atom stereocenters. The van der Waals surface area contributed by atoms with Gasteiger partial charge in [0, 0.05) is 45.1 Å². The number of nitrogens with one attached hydrogen (secondary N) is 1. The first-order chi connectivity index (χ1) is 14.2. The Morgan fingerprint density at radius 2 is 1.97 bits per heavy atom. The van der Waals surface area contributed by atoms with Crippen LogP contribution in [-0.4, -0.2) is 55.9 Å². The average Bonchev–Trinajstić information content (AvgIpc) is 3.09. The second kappa shape index (κ2) is 9.01. The Bertz CT molecular complexity index is 1030. The van der Waals surface area contributed by atoms with E-state index in [9.17, 15) is 13.2 Å². The largest absolute Gasteiger partial charge is 0.383 e. The lowest BCUT2D eigenvalue weighted by atomic mass is 9.98. The van der Waals surface area contributed by atoms with Crippen LogP contribution in [0.4, 0.5) is 5.69 Å². The van der Waals surface area contributed by atoms with Crippen molar-refractivity contribution in [1.29, 1.82) is 0 Å². The Labute approximate surface area is 177 Å². The van der Waals surface area contributed by atoms with Crippen LogP contribution in [0.1, 0.15) is 29.9 Å². The van der Waals surface area contributed by atoms with E-state index >= 15 is 0 Å². The zero-order valence-corrected chi connectivity index (χ0v) is 18.6. The molecule has 1 fully saturated rings. The maximum Gasteiger partial charge on any atom is 0.248 e. The summed E-state index contributed by atoms with van der Waals surface area (Å²) in [6, 6.07) is 7.53. The lowest BCUT2D eigenvalue weighted by molar-refractivity contribution is -0.120. The van der Waals surface area contributed by atoms with E-state index in [2.05, 4.69) is 10.5 Å². The average molecular weight is 433 g/mol. The number of benzene rings is 1. The molecule has 1 amide bonds. The van der Waals surface area contributed by atoms with Crippen molar-refractivity contribution in [3.8, 4) is 0 Å². The highest BCUT2D eigenvalue weighted by atomic mass is 32.2. The number of amides is 1. The molecular weight excluding hydrogens is 404 g/mol. The van der Waals surface area contributed by atoms with E-state index < -0.39 is 15.9 Å². The minimum Gasteiger partial charge on any atom is -0.383 e. The van der Waals surface area contributed by atoms with Gasteiger partial charge in [-0.15, -0.1) is 0 Å². The van der Waals surface area contributed by atoms with Crippen LogP contribution in [0, 0.1) is 19.8 Å². The van der Waals surface area contributed by atoms with Gasteiger partial charge in [0.25, 0.3) is 0 Å².